The van der Waals surface area contributed by atoms with E-state index in [1.807, 2.05) is 0 Å². The number of hydrogen-bond acceptors (Lipinski definition) is 11. The van der Waals surface area contributed by atoms with Gasteiger partial charge in [-0.3, -0.25) is 24.0 Å². The van der Waals surface area contributed by atoms with Gasteiger partial charge >= 0.3 is 0 Å². The van der Waals surface area contributed by atoms with E-state index >= 15 is 0 Å². The largest absolute Gasteiger partial charge is 0.507 e. The molecule has 0 saturated heterocycles. The number of hydrogen-bond donors (Lipinski definition) is 4. The number of aromatic nitrogens is 1. The van der Waals surface area contributed by atoms with Gasteiger partial charge in [0.25, 0.3) is 0 Å². The smallest absolute Gasteiger partial charge is 0.235 e. The molecule has 12 nitrogen and oxygen atoms in total. The third kappa shape index (κ3) is 3.54. The Hall–Kier alpha value is -4.06. The number of nitrogens with two attached hydrogens (primary N) is 1. The maximum absolute atomic E-state index is 13.8. The number of phenolic OH excluding ortho intramolecular Hbond substituents is 1. The van der Waals surface area contributed by atoms with Crippen LogP contribution in [0.2, 0.25) is 0 Å². The van der Waals surface area contributed by atoms with Crippen LogP contribution in [0.3, 0.4) is 0 Å². The molecule has 2 fully saturated rings. The fraction of sp³-hybridized carbons (Fsp3) is 0.440. The molecule has 2 unspecified atom stereocenters. The monoisotopic (exact) mass is 510 g/mol. The van der Waals surface area contributed by atoms with E-state index in [1.54, 1.807) is 31.1 Å². The third-order valence-corrected chi connectivity index (χ3v) is 7.84. The van der Waals surface area contributed by atoms with Crippen LogP contribution in [-0.2, 0) is 32.1 Å². The van der Waals surface area contributed by atoms with Crippen LogP contribution in [0.15, 0.2) is 22.9 Å². The molecule has 1 amide bonds. The Morgan fingerprint density at radius 3 is 2.59 bits per heavy atom. The number of rotatable bonds is 5. The maximum atomic E-state index is 13.8. The zero-order valence-corrected chi connectivity index (χ0v) is 20.2. The van der Waals surface area contributed by atoms with Gasteiger partial charge < -0.3 is 30.7 Å². The predicted molar refractivity (Wildman–Crippen MR) is 127 cm³/mol. The molecule has 1 aromatic carbocycles. The average Bonchev–Trinajstić information content (AvgIpc) is 3.34. The lowest BCUT2D eigenvalue weighted by Crippen LogP contribution is -2.68. The average molecular weight is 511 g/mol. The molecule has 2 aromatic rings. The second-order valence-electron chi connectivity index (χ2n) is 10.1. The number of aromatic hydroxyl groups is 1. The summed E-state index contributed by atoms with van der Waals surface area (Å²) in [6, 6.07) is 3.32. The minimum Gasteiger partial charge on any atom is -0.507 e. The van der Waals surface area contributed by atoms with Crippen molar-refractivity contribution in [3.05, 3.63) is 35.1 Å². The SMILES string of the molecule is CN(C)c1cc(CNc2ccon2)c(O)c2c1C[C@H]1C[C@H]3CC(=O)C(C(N)=O)C(=O)[C@@]3(O)C(=O)C1C2=O. The van der Waals surface area contributed by atoms with Gasteiger partial charge in [-0.15, -0.1) is 0 Å². The van der Waals surface area contributed by atoms with Crippen molar-refractivity contribution in [1.29, 1.82) is 0 Å². The number of Topliss-reactive ketones (excluding diaryl/α,β-unsaturated/α-hetero) is 4. The van der Waals surface area contributed by atoms with E-state index in [0.717, 1.165) is 0 Å². The Bertz CT molecular complexity index is 1350. The quantitative estimate of drug-likeness (QED) is 0.395. The molecule has 1 heterocycles. The van der Waals surface area contributed by atoms with Gasteiger partial charge in [-0.1, -0.05) is 5.16 Å². The van der Waals surface area contributed by atoms with Gasteiger partial charge in [-0.25, -0.2) is 0 Å². The molecule has 1 aromatic heterocycles. The van der Waals surface area contributed by atoms with Crippen molar-refractivity contribution >= 4 is 40.5 Å². The third-order valence-electron chi connectivity index (χ3n) is 7.84. The molecule has 0 aliphatic heterocycles. The van der Waals surface area contributed by atoms with Gasteiger partial charge in [-0.2, -0.15) is 0 Å². The number of nitrogens with zero attached hydrogens (tertiary/aromatic N) is 2. The Morgan fingerprint density at radius 1 is 1.24 bits per heavy atom. The van der Waals surface area contributed by atoms with Crippen LogP contribution in [0.1, 0.15) is 34.3 Å². The number of amides is 1. The molecule has 37 heavy (non-hydrogen) atoms. The fourth-order valence-electron chi connectivity index (χ4n) is 6.09. The molecule has 3 aliphatic rings. The van der Waals surface area contributed by atoms with E-state index in [1.165, 1.54) is 6.26 Å². The van der Waals surface area contributed by atoms with Crippen molar-refractivity contribution in [2.45, 2.75) is 31.4 Å². The number of nitrogens with one attached hydrogen (secondary N) is 1. The van der Waals surface area contributed by atoms with Crippen LogP contribution in [0.25, 0.3) is 0 Å². The van der Waals surface area contributed by atoms with Crippen LogP contribution >= 0.6 is 0 Å². The number of fused-ring (bicyclic) bond motifs is 3. The second-order valence-corrected chi connectivity index (χ2v) is 10.1. The lowest BCUT2D eigenvalue weighted by Gasteiger charge is -2.48. The first-order valence-electron chi connectivity index (χ1n) is 11.8. The zero-order valence-electron chi connectivity index (χ0n) is 20.2. The van der Waals surface area contributed by atoms with Crippen molar-refractivity contribution in [3.63, 3.8) is 0 Å². The lowest BCUT2D eigenvalue weighted by molar-refractivity contribution is -0.175. The van der Waals surface area contributed by atoms with Crippen LogP contribution in [0, 0.1) is 23.7 Å². The summed E-state index contributed by atoms with van der Waals surface area (Å²) in [5, 5.41) is 29.2. The number of carbonyl (C=O) groups excluding carboxylic acids is 5. The minimum atomic E-state index is -2.67. The van der Waals surface area contributed by atoms with Gasteiger partial charge in [0.1, 0.15) is 12.0 Å². The molecular weight excluding hydrogens is 484 g/mol. The molecular formula is C25H26N4O8. The topological polar surface area (TPSA) is 193 Å². The first kappa shape index (κ1) is 24.6. The van der Waals surface area contributed by atoms with Crippen LogP contribution in [-0.4, -0.2) is 64.1 Å². The zero-order chi connectivity index (χ0) is 26.8. The van der Waals surface area contributed by atoms with Gasteiger partial charge in [0.2, 0.25) is 5.91 Å². The second kappa shape index (κ2) is 8.51. The maximum Gasteiger partial charge on any atom is 0.235 e. The number of aliphatic hydroxyl groups is 1. The summed E-state index contributed by atoms with van der Waals surface area (Å²) >= 11 is 0. The van der Waals surface area contributed by atoms with E-state index in [9.17, 15) is 34.2 Å². The number of phenols is 1. The molecule has 2 saturated carbocycles. The van der Waals surface area contributed by atoms with Crippen LogP contribution < -0.4 is 16.0 Å². The highest BCUT2D eigenvalue weighted by Crippen LogP contribution is 2.51. The summed E-state index contributed by atoms with van der Waals surface area (Å²) in [6.07, 6.45) is 1.26. The van der Waals surface area contributed by atoms with E-state index in [-0.39, 0.29) is 37.1 Å². The number of carbonyl (C=O) groups is 5. The standard InChI is InChI=1S/C25H26N4O8/c1-29(2)14-7-11(9-27-16-3-4-37-28-16)20(31)18-13(14)6-10-5-12-8-15(30)19(24(26)35)23(34)25(12,36)22(33)17(10)21(18)32/h3-4,7,10,12,17,19,31,36H,5-6,8-9H2,1-2H3,(H2,26,35)(H,27,28)/t10-,12+,17?,19?,25+/m1/s1. The van der Waals surface area contributed by atoms with Crippen molar-refractivity contribution in [1.82, 2.24) is 5.16 Å². The highest BCUT2D eigenvalue weighted by Gasteiger charge is 2.66. The van der Waals surface area contributed by atoms with E-state index < -0.39 is 58.3 Å². The van der Waals surface area contributed by atoms with Gasteiger partial charge in [0, 0.05) is 50.3 Å². The summed E-state index contributed by atoms with van der Waals surface area (Å²) < 4.78 is 4.79. The first-order valence-corrected chi connectivity index (χ1v) is 11.8. The highest BCUT2D eigenvalue weighted by molar-refractivity contribution is 6.31. The Labute approximate surface area is 210 Å². The Balaban J connectivity index is 1.57. The number of anilines is 2. The van der Waals surface area contributed by atoms with Gasteiger partial charge in [0.15, 0.2) is 40.5 Å². The molecule has 194 valence electrons. The first-order chi connectivity index (χ1) is 17.5. The highest BCUT2D eigenvalue weighted by atomic mass is 16.5. The van der Waals surface area contributed by atoms with Crippen molar-refractivity contribution < 1.29 is 38.7 Å². The van der Waals surface area contributed by atoms with Crippen molar-refractivity contribution in [3.8, 4) is 5.75 Å². The van der Waals surface area contributed by atoms with E-state index in [4.69, 9.17) is 10.3 Å². The molecule has 5 N–H and O–H groups in total. The summed E-state index contributed by atoms with van der Waals surface area (Å²) in [4.78, 5) is 66.6. The fourth-order valence-corrected chi connectivity index (χ4v) is 6.09. The van der Waals surface area contributed by atoms with Crippen molar-refractivity contribution in [2.24, 2.45) is 29.4 Å². The summed E-state index contributed by atoms with van der Waals surface area (Å²) in [7, 11) is 3.57. The lowest BCUT2D eigenvalue weighted by atomic mass is 9.53. The predicted octanol–water partition coefficient (Wildman–Crippen LogP) is -0.00700. The van der Waals surface area contributed by atoms with Gasteiger partial charge in [0.05, 0.1) is 11.5 Å². The Morgan fingerprint density at radius 2 is 1.97 bits per heavy atom. The number of ketones is 4. The molecule has 0 radical (unpaired) electrons. The Kier molecular flexibility index (Phi) is 5.66. The molecule has 5 atom stereocenters. The summed E-state index contributed by atoms with van der Waals surface area (Å²) in [5.74, 6) is -9.93. The molecule has 3 aliphatic carbocycles. The number of primary amides is 1. The van der Waals surface area contributed by atoms with E-state index in [2.05, 4.69) is 10.5 Å². The summed E-state index contributed by atoms with van der Waals surface area (Å²) in [5.41, 5.74) is 4.06. The minimum absolute atomic E-state index is 0.0458. The van der Waals surface area contributed by atoms with E-state index in [0.29, 0.717) is 22.6 Å². The van der Waals surface area contributed by atoms with Crippen LogP contribution in [0.5, 0.6) is 5.75 Å². The van der Waals surface area contributed by atoms with Gasteiger partial charge in [-0.05, 0) is 30.4 Å². The van der Waals surface area contributed by atoms with Crippen molar-refractivity contribution in [2.75, 3.05) is 24.3 Å². The molecule has 0 bridgehead atoms. The molecule has 0 spiro atoms. The summed E-state index contributed by atoms with van der Waals surface area (Å²) in [6.45, 7) is 0.0920. The molecule has 5 rings (SSSR count). The number of benzene rings is 1. The van der Waals surface area contributed by atoms with Crippen LogP contribution in [0.4, 0.5) is 11.5 Å². The normalized spacial score (nSPS) is 28.8. The molecule has 12 heteroatoms.